The monoisotopic (exact) mass is 416 g/mol. The van der Waals surface area contributed by atoms with E-state index in [4.69, 9.17) is 18.6 Å². The Hall–Kier alpha value is -4.13. The number of oxazole rings is 1. The molecule has 31 heavy (non-hydrogen) atoms. The first kappa shape index (κ1) is 20.2. The molecule has 0 saturated heterocycles. The first-order valence-electron chi connectivity index (χ1n) is 9.48. The first-order valence-corrected chi connectivity index (χ1v) is 9.48. The molecule has 0 spiro atoms. The Kier molecular flexibility index (Phi) is 5.66. The number of para-hydroxylation sites is 2. The molecular weight excluding hydrogens is 396 g/mol. The average molecular weight is 416 g/mol. The van der Waals surface area contributed by atoms with Crippen LogP contribution < -0.4 is 14.2 Å². The first-order chi connectivity index (χ1) is 15.1. The molecule has 0 aliphatic heterocycles. The Morgan fingerprint density at radius 3 is 2.26 bits per heavy atom. The molecule has 7 nitrogen and oxygen atoms in total. The van der Waals surface area contributed by atoms with Crippen LogP contribution in [0.15, 0.2) is 65.2 Å². The van der Waals surface area contributed by atoms with Crippen molar-refractivity contribution in [3.05, 3.63) is 77.9 Å². The fourth-order valence-electron chi connectivity index (χ4n) is 3.19. The third kappa shape index (κ3) is 3.98. The Bertz CT molecular complexity index is 1200. The van der Waals surface area contributed by atoms with Gasteiger partial charge in [0.15, 0.2) is 22.9 Å². The van der Waals surface area contributed by atoms with E-state index in [0.29, 0.717) is 39.6 Å². The molecule has 0 amide bonds. The number of Topliss-reactive ketones (excluding diaryl/α,β-unsaturated/α-hetero) is 1. The number of benzene rings is 2. The Morgan fingerprint density at radius 1 is 0.935 bits per heavy atom. The predicted octanol–water partition coefficient (Wildman–Crippen LogP) is 4.67. The second kappa shape index (κ2) is 8.71. The number of carbonyl (C=O) groups is 1. The van der Waals surface area contributed by atoms with Gasteiger partial charge in [-0.1, -0.05) is 18.2 Å². The van der Waals surface area contributed by atoms with Crippen molar-refractivity contribution in [2.45, 2.75) is 0 Å². The molecule has 7 heteroatoms. The molecule has 156 valence electrons. The zero-order valence-corrected chi connectivity index (χ0v) is 17.3. The smallest absolute Gasteiger partial charge is 0.231 e. The van der Waals surface area contributed by atoms with Gasteiger partial charge in [-0.15, -0.1) is 0 Å². The van der Waals surface area contributed by atoms with E-state index in [9.17, 15) is 4.79 Å². The average Bonchev–Trinajstić information content (AvgIpc) is 3.25. The zero-order chi connectivity index (χ0) is 21.8. The van der Waals surface area contributed by atoms with Gasteiger partial charge in [0.1, 0.15) is 5.52 Å². The lowest BCUT2D eigenvalue weighted by Crippen LogP contribution is -2.06. The normalized spacial score (nSPS) is 11.4. The second-order valence-electron chi connectivity index (χ2n) is 6.54. The molecule has 2 aromatic carbocycles. The van der Waals surface area contributed by atoms with E-state index in [-0.39, 0.29) is 17.2 Å². The van der Waals surface area contributed by atoms with Crippen LogP contribution in [0.25, 0.3) is 22.7 Å². The van der Waals surface area contributed by atoms with Gasteiger partial charge in [0.2, 0.25) is 11.6 Å². The third-order valence-electron chi connectivity index (χ3n) is 4.68. The maximum Gasteiger partial charge on any atom is 0.231 e. The molecular formula is C24H20N2O5. The molecule has 0 radical (unpaired) electrons. The fraction of sp³-hybridized carbons (Fsp3) is 0.125. The number of pyridine rings is 1. The van der Waals surface area contributed by atoms with Crippen LogP contribution in [0.4, 0.5) is 0 Å². The summed E-state index contributed by atoms with van der Waals surface area (Å²) in [5.41, 5.74) is 2.42. The number of nitrogens with zero attached hydrogens (tertiary/aromatic N) is 2. The predicted molar refractivity (Wildman–Crippen MR) is 117 cm³/mol. The number of allylic oxidation sites excluding steroid dienone is 1. The van der Waals surface area contributed by atoms with Crippen LogP contribution in [0, 0.1) is 0 Å². The minimum Gasteiger partial charge on any atom is -0.493 e. The standard InChI is InChI=1S/C24H20N2O5/c1-28-20-12-15(13-21(29-2)23(20)30-3)22(27)17(14-16-8-6-7-11-25-16)24-26-18-9-4-5-10-19(18)31-24/h4-14H,1-3H3. The molecule has 2 heterocycles. The number of ether oxygens (including phenoxy) is 3. The summed E-state index contributed by atoms with van der Waals surface area (Å²) in [6.07, 6.45) is 3.30. The lowest BCUT2D eigenvalue weighted by molar-refractivity contribution is 0.105. The highest BCUT2D eigenvalue weighted by Gasteiger charge is 2.24. The molecule has 4 aromatic rings. The summed E-state index contributed by atoms with van der Waals surface area (Å²) in [7, 11) is 4.50. The van der Waals surface area contributed by atoms with E-state index in [1.807, 2.05) is 24.3 Å². The lowest BCUT2D eigenvalue weighted by Gasteiger charge is -2.14. The lowest BCUT2D eigenvalue weighted by atomic mass is 10.0. The van der Waals surface area contributed by atoms with E-state index in [1.165, 1.54) is 21.3 Å². The fourth-order valence-corrected chi connectivity index (χ4v) is 3.19. The van der Waals surface area contributed by atoms with E-state index in [0.717, 1.165) is 0 Å². The van der Waals surface area contributed by atoms with Crippen molar-refractivity contribution in [2.24, 2.45) is 0 Å². The molecule has 0 bridgehead atoms. The second-order valence-corrected chi connectivity index (χ2v) is 6.54. The summed E-state index contributed by atoms with van der Waals surface area (Å²) in [5.74, 6) is 1.03. The quantitative estimate of drug-likeness (QED) is 0.320. The van der Waals surface area contributed by atoms with Crippen LogP contribution in [0.5, 0.6) is 17.2 Å². The summed E-state index contributed by atoms with van der Waals surface area (Å²) in [4.78, 5) is 22.4. The van der Waals surface area contributed by atoms with Gasteiger partial charge in [-0.25, -0.2) is 4.98 Å². The van der Waals surface area contributed by atoms with Gasteiger partial charge in [0, 0.05) is 11.8 Å². The number of methoxy groups -OCH3 is 3. The number of aromatic nitrogens is 2. The van der Waals surface area contributed by atoms with Crippen molar-refractivity contribution in [1.29, 1.82) is 0 Å². The van der Waals surface area contributed by atoms with Gasteiger partial charge in [-0.3, -0.25) is 9.78 Å². The van der Waals surface area contributed by atoms with Gasteiger partial charge < -0.3 is 18.6 Å². The van der Waals surface area contributed by atoms with Crippen molar-refractivity contribution >= 4 is 28.5 Å². The third-order valence-corrected chi connectivity index (χ3v) is 4.68. The number of hydrogen-bond acceptors (Lipinski definition) is 7. The number of carbonyl (C=O) groups excluding carboxylic acids is 1. The largest absolute Gasteiger partial charge is 0.493 e. The summed E-state index contributed by atoms with van der Waals surface area (Å²) >= 11 is 0. The highest BCUT2D eigenvalue weighted by Crippen LogP contribution is 2.39. The van der Waals surface area contributed by atoms with Crippen LogP contribution in [0.3, 0.4) is 0 Å². The van der Waals surface area contributed by atoms with Gasteiger partial charge in [0.05, 0.1) is 32.6 Å². The molecule has 0 N–H and O–H groups in total. The van der Waals surface area contributed by atoms with Crippen molar-refractivity contribution < 1.29 is 23.4 Å². The summed E-state index contributed by atoms with van der Waals surface area (Å²) in [6.45, 7) is 0. The highest BCUT2D eigenvalue weighted by atomic mass is 16.5. The van der Waals surface area contributed by atoms with E-state index < -0.39 is 0 Å². The van der Waals surface area contributed by atoms with E-state index in [1.54, 1.807) is 42.6 Å². The SMILES string of the molecule is COc1cc(C(=O)C(=Cc2ccccn2)c2nc3ccccc3o2)cc(OC)c1OC. The molecule has 0 aliphatic rings. The van der Waals surface area contributed by atoms with Crippen molar-refractivity contribution in [3.8, 4) is 17.2 Å². The molecule has 0 atom stereocenters. The van der Waals surface area contributed by atoms with Crippen molar-refractivity contribution in [1.82, 2.24) is 9.97 Å². The molecule has 0 fully saturated rings. The van der Waals surface area contributed by atoms with Crippen LogP contribution in [-0.2, 0) is 0 Å². The summed E-state index contributed by atoms with van der Waals surface area (Å²) < 4.78 is 22.0. The minimum absolute atomic E-state index is 0.200. The molecule has 0 aliphatic carbocycles. The van der Waals surface area contributed by atoms with Crippen LogP contribution in [0.2, 0.25) is 0 Å². The molecule has 0 unspecified atom stereocenters. The highest BCUT2D eigenvalue weighted by molar-refractivity contribution is 6.31. The topological polar surface area (TPSA) is 83.7 Å². The number of fused-ring (bicyclic) bond motifs is 1. The van der Waals surface area contributed by atoms with E-state index >= 15 is 0 Å². The Balaban J connectivity index is 1.88. The van der Waals surface area contributed by atoms with Crippen molar-refractivity contribution in [2.75, 3.05) is 21.3 Å². The van der Waals surface area contributed by atoms with Gasteiger partial charge >= 0.3 is 0 Å². The van der Waals surface area contributed by atoms with Gasteiger partial charge in [-0.05, 0) is 42.5 Å². The molecule has 2 aromatic heterocycles. The number of rotatable bonds is 7. The minimum atomic E-state index is -0.323. The number of hydrogen-bond donors (Lipinski definition) is 0. The van der Waals surface area contributed by atoms with Gasteiger partial charge in [-0.2, -0.15) is 0 Å². The summed E-state index contributed by atoms with van der Waals surface area (Å²) in [6, 6.07) is 16.0. The maximum atomic E-state index is 13.6. The van der Waals surface area contributed by atoms with Crippen molar-refractivity contribution in [3.63, 3.8) is 0 Å². The van der Waals surface area contributed by atoms with Crippen LogP contribution in [-0.4, -0.2) is 37.1 Å². The molecule has 0 saturated carbocycles. The van der Waals surface area contributed by atoms with Crippen LogP contribution in [0.1, 0.15) is 21.9 Å². The van der Waals surface area contributed by atoms with Gasteiger partial charge in [0.25, 0.3) is 0 Å². The van der Waals surface area contributed by atoms with Crippen LogP contribution >= 0.6 is 0 Å². The van der Waals surface area contributed by atoms with E-state index in [2.05, 4.69) is 9.97 Å². The number of ketones is 1. The zero-order valence-electron chi connectivity index (χ0n) is 17.3. The Morgan fingerprint density at radius 2 is 1.65 bits per heavy atom. The Labute approximate surface area is 178 Å². The summed E-state index contributed by atoms with van der Waals surface area (Å²) in [5, 5.41) is 0. The maximum absolute atomic E-state index is 13.6. The molecule has 4 rings (SSSR count).